The molecule has 0 aliphatic heterocycles. The Hall–Kier alpha value is -1.32. The Morgan fingerprint density at radius 2 is 1.88 bits per heavy atom. The number of hydrogen-bond acceptors (Lipinski definition) is 7. The van der Waals surface area contributed by atoms with Gasteiger partial charge < -0.3 is 20.1 Å². The number of rotatable bonds is 6. The van der Waals surface area contributed by atoms with Crippen LogP contribution in [-0.2, 0) is 23.9 Å². The largest absolute Gasteiger partial charge is 0.481 e. The summed E-state index contributed by atoms with van der Waals surface area (Å²) in [6, 6.07) is 0. The number of Topliss-reactive ketones (excluding diaryl/α,β-unsaturated/α-hetero) is 1. The summed E-state index contributed by atoms with van der Waals surface area (Å²) in [6.45, 7) is 3.30. The molecule has 1 radical (unpaired) electrons. The summed E-state index contributed by atoms with van der Waals surface area (Å²) in [5.41, 5.74) is -1.99. The zero-order chi connectivity index (χ0) is 24.2. The van der Waals surface area contributed by atoms with Gasteiger partial charge in [-0.05, 0) is 56.1 Å². The van der Waals surface area contributed by atoms with E-state index in [4.69, 9.17) is 9.84 Å². The molecule has 0 aromatic heterocycles. The molecule has 7 atom stereocenters. The first-order valence-electron chi connectivity index (χ1n) is 11.7. The number of esters is 1. The fourth-order valence-electron chi connectivity index (χ4n) is 7.34. The molecule has 34 heavy (non-hydrogen) atoms. The van der Waals surface area contributed by atoms with Crippen molar-refractivity contribution in [2.24, 2.45) is 28.6 Å². The van der Waals surface area contributed by atoms with Crippen LogP contribution in [0.3, 0.4) is 0 Å². The zero-order valence-corrected chi connectivity index (χ0v) is 22.1. The van der Waals surface area contributed by atoms with E-state index in [0.717, 1.165) is 18.4 Å². The van der Waals surface area contributed by atoms with E-state index in [0.29, 0.717) is 6.42 Å². The molecule has 3 saturated carbocycles. The van der Waals surface area contributed by atoms with Crippen LogP contribution in [0.4, 0.5) is 0 Å². The van der Waals surface area contributed by atoms with Gasteiger partial charge >= 0.3 is 11.9 Å². The molecule has 4 aliphatic rings. The van der Waals surface area contributed by atoms with Gasteiger partial charge in [0, 0.05) is 46.3 Å². The van der Waals surface area contributed by atoms with Crippen LogP contribution in [0.25, 0.3) is 0 Å². The van der Waals surface area contributed by atoms with Crippen molar-refractivity contribution in [1.82, 2.24) is 0 Å². The normalized spacial score (nSPS) is 40.2. The van der Waals surface area contributed by atoms with E-state index in [-0.39, 0.29) is 78.8 Å². The molecule has 4 aliphatic carbocycles. The predicted molar refractivity (Wildman–Crippen MR) is 122 cm³/mol. The average molecular weight is 484 g/mol. The maximum atomic E-state index is 13.1. The number of carbonyl (C=O) groups is 4. The molecule has 4 rings (SSSR count). The second-order valence-corrected chi connectivity index (χ2v) is 10.6. The molecule has 181 valence electrons. The molecule has 9 heteroatoms. The van der Waals surface area contributed by atoms with Crippen LogP contribution < -0.4 is 0 Å². The predicted octanol–water partition coefficient (Wildman–Crippen LogP) is 1.59. The molecule has 0 heterocycles. The van der Waals surface area contributed by atoms with E-state index in [2.05, 4.69) is 6.92 Å². The monoisotopic (exact) mass is 483 g/mol. The average Bonchev–Trinajstić information content (AvgIpc) is 3.02. The molecule has 8 nitrogen and oxygen atoms in total. The number of fused-ring (bicyclic) bond motifs is 5. The van der Waals surface area contributed by atoms with Crippen molar-refractivity contribution in [3.63, 3.8) is 0 Å². The van der Waals surface area contributed by atoms with Gasteiger partial charge in [-0.1, -0.05) is 25.5 Å². The van der Waals surface area contributed by atoms with Crippen LogP contribution in [-0.4, -0.2) is 86.7 Å². The minimum absolute atomic E-state index is 0. The number of aliphatic hydroxyl groups excluding tert-OH is 1. The minimum atomic E-state index is -1.73. The minimum Gasteiger partial charge on any atom is -0.481 e. The van der Waals surface area contributed by atoms with Crippen LogP contribution in [0.1, 0.15) is 58.8 Å². The van der Waals surface area contributed by atoms with Crippen LogP contribution in [0.5, 0.6) is 0 Å². The van der Waals surface area contributed by atoms with Gasteiger partial charge in [-0.15, -0.1) is 0 Å². The number of allylic oxidation sites excluding steroid dienone is 4. The second-order valence-electron chi connectivity index (χ2n) is 10.6. The van der Waals surface area contributed by atoms with E-state index in [1.165, 1.54) is 0 Å². The molecule has 0 amide bonds. The Morgan fingerprint density at radius 1 is 1.18 bits per heavy atom. The third kappa shape index (κ3) is 4.26. The van der Waals surface area contributed by atoms with Crippen LogP contribution >= 0.6 is 0 Å². The van der Waals surface area contributed by atoms with Gasteiger partial charge in [-0.25, -0.2) is 0 Å². The van der Waals surface area contributed by atoms with Gasteiger partial charge in [-0.3, -0.25) is 19.2 Å². The molecule has 0 saturated heterocycles. The summed E-state index contributed by atoms with van der Waals surface area (Å²) in [5, 5.41) is 31.6. The smallest absolute Gasteiger partial charge is 0.306 e. The van der Waals surface area contributed by atoms with Crippen molar-refractivity contribution >= 4 is 53.1 Å². The SMILES string of the molecule is CC12C=CC(=O)C=C1CCC1C2[C@@H](O)CC2(C)C1CC[C@]2(O)C(=O)COC(=O)CCC(=O)O.[Na]. The standard InChI is InChI=1S/C25H32O8.Na/c1-23-9-7-15(26)11-14(23)3-4-16-17-8-10-25(32,24(17,2)12-18(27)22(16)23)19(28)13-33-21(31)6-5-20(29)30;/h7,9,11,16-18,22,27,32H,3-6,8,10,12-13H2,1-2H3,(H,29,30);/t16?,17?,18-,22?,23?,24?,25-;/m0./s1. The molecule has 0 aromatic carbocycles. The summed E-state index contributed by atoms with van der Waals surface area (Å²) in [5.74, 6) is -2.58. The number of carboxylic acids is 1. The summed E-state index contributed by atoms with van der Waals surface area (Å²) < 4.78 is 4.96. The quantitative estimate of drug-likeness (QED) is 0.383. The number of aliphatic hydroxyl groups is 2. The van der Waals surface area contributed by atoms with E-state index in [1.807, 2.05) is 13.0 Å². The number of aliphatic carboxylic acids is 1. The van der Waals surface area contributed by atoms with Crippen LogP contribution in [0, 0.1) is 28.6 Å². The Labute approximate surface area is 221 Å². The van der Waals surface area contributed by atoms with Crippen molar-refractivity contribution in [2.75, 3.05) is 6.61 Å². The van der Waals surface area contributed by atoms with Crippen molar-refractivity contribution in [2.45, 2.75) is 70.5 Å². The number of ether oxygens (including phenoxy) is 1. The Bertz CT molecular complexity index is 957. The van der Waals surface area contributed by atoms with E-state index in [9.17, 15) is 29.4 Å². The Balaban J connectivity index is 0.00000324. The maximum absolute atomic E-state index is 13.1. The Morgan fingerprint density at radius 3 is 2.56 bits per heavy atom. The van der Waals surface area contributed by atoms with Gasteiger partial charge in [0.05, 0.1) is 18.9 Å². The summed E-state index contributed by atoms with van der Waals surface area (Å²) in [7, 11) is 0. The number of hydrogen-bond donors (Lipinski definition) is 3. The van der Waals surface area contributed by atoms with E-state index in [1.54, 1.807) is 12.2 Å². The molecule has 3 fully saturated rings. The summed E-state index contributed by atoms with van der Waals surface area (Å²) in [6.07, 6.45) is 6.27. The van der Waals surface area contributed by atoms with Gasteiger partial charge in [0.15, 0.2) is 12.4 Å². The van der Waals surface area contributed by atoms with Crippen molar-refractivity contribution in [1.29, 1.82) is 0 Å². The van der Waals surface area contributed by atoms with E-state index < -0.39 is 46.9 Å². The first kappa shape index (κ1) is 27.3. The number of ketones is 2. The van der Waals surface area contributed by atoms with Crippen LogP contribution in [0.15, 0.2) is 23.8 Å². The first-order valence-corrected chi connectivity index (χ1v) is 11.7. The summed E-state index contributed by atoms with van der Waals surface area (Å²) >= 11 is 0. The first-order chi connectivity index (χ1) is 15.4. The molecule has 0 bridgehead atoms. The fourth-order valence-corrected chi connectivity index (χ4v) is 7.34. The number of carboxylic acid groups (broad SMARTS) is 1. The van der Waals surface area contributed by atoms with Gasteiger partial charge in [0.25, 0.3) is 0 Å². The topological polar surface area (TPSA) is 138 Å². The molecular formula is C25H32NaO8. The molecular weight excluding hydrogens is 451 g/mol. The fraction of sp³-hybridized carbons (Fsp3) is 0.680. The maximum Gasteiger partial charge on any atom is 0.306 e. The molecule has 3 N–H and O–H groups in total. The molecule has 5 unspecified atom stereocenters. The summed E-state index contributed by atoms with van der Waals surface area (Å²) in [4.78, 5) is 47.4. The van der Waals surface area contributed by atoms with Gasteiger partial charge in [0.1, 0.15) is 5.60 Å². The Kier molecular flexibility index (Phi) is 7.71. The van der Waals surface area contributed by atoms with Crippen molar-refractivity contribution in [3.05, 3.63) is 23.8 Å². The van der Waals surface area contributed by atoms with Gasteiger partial charge in [0.2, 0.25) is 5.78 Å². The zero-order valence-electron chi connectivity index (χ0n) is 20.1. The van der Waals surface area contributed by atoms with Gasteiger partial charge in [-0.2, -0.15) is 0 Å². The van der Waals surface area contributed by atoms with Crippen molar-refractivity contribution < 1.29 is 39.2 Å². The third-order valence-corrected chi connectivity index (χ3v) is 9.02. The number of carbonyl (C=O) groups excluding carboxylic acids is 3. The van der Waals surface area contributed by atoms with Crippen LogP contribution in [0.2, 0.25) is 0 Å². The second kappa shape index (κ2) is 9.62. The molecule has 0 spiro atoms. The molecule has 0 aromatic rings. The van der Waals surface area contributed by atoms with Crippen molar-refractivity contribution in [3.8, 4) is 0 Å². The van der Waals surface area contributed by atoms with E-state index >= 15 is 0 Å². The third-order valence-electron chi connectivity index (χ3n) is 9.02.